The molecule has 0 aromatic heterocycles. The minimum absolute atomic E-state index is 0.0360. The maximum absolute atomic E-state index is 14.0. The number of ketones is 2. The zero-order valence-corrected chi connectivity index (χ0v) is 23.9. The van der Waals surface area contributed by atoms with E-state index in [-0.39, 0.29) is 35.3 Å². The molecule has 4 rings (SSSR count). The van der Waals surface area contributed by atoms with Crippen LogP contribution >= 0.6 is 10.0 Å². The molecule has 6 N–H and O–H groups in total. The van der Waals surface area contributed by atoms with Crippen LogP contribution in [0.5, 0.6) is 5.75 Å². The summed E-state index contributed by atoms with van der Waals surface area (Å²) in [6, 6.07) is 0.697. The summed E-state index contributed by atoms with van der Waals surface area (Å²) in [7, 11) is 5.56. The van der Waals surface area contributed by atoms with Crippen molar-refractivity contribution in [2.75, 3.05) is 51.9 Å². The highest BCUT2D eigenvalue weighted by atomic mass is 32.3. The Bertz CT molecular complexity index is 1440. The Kier molecular flexibility index (Phi) is 6.83. The third kappa shape index (κ3) is 4.27. The average Bonchev–Trinajstić information content (AvgIpc) is 2.79. The molecule has 11 heteroatoms. The molecule has 0 heterocycles. The Morgan fingerprint density at radius 2 is 1.74 bits per heavy atom. The van der Waals surface area contributed by atoms with Gasteiger partial charge in [0.15, 0.2) is 11.4 Å². The molecule has 1 aromatic carbocycles. The van der Waals surface area contributed by atoms with Crippen molar-refractivity contribution >= 4 is 33.2 Å². The summed E-state index contributed by atoms with van der Waals surface area (Å²) in [5.41, 5.74) is 3.13. The maximum Gasteiger partial charge on any atom is 0.255 e. The first-order valence-corrected chi connectivity index (χ1v) is 15.2. The number of hydrogen-bond donors (Lipinski definition) is 5. The van der Waals surface area contributed by atoms with Gasteiger partial charge < -0.3 is 31.1 Å². The first kappa shape index (κ1) is 28.5. The SMILES string of the molecule is CN(C)c1cc(C#CS(C)(C)C)c(O)c2c1C[C@H]1C[C@H]3[C@H](N(C)C)C(O)=C(C(N)=O)C(=O)[C@@]3(O)C(O)=C1C2=O. The molecule has 39 heavy (non-hydrogen) atoms. The molecule has 0 spiro atoms. The summed E-state index contributed by atoms with van der Waals surface area (Å²) in [5.74, 6) is -3.77. The van der Waals surface area contributed by atoms with Crippen molar-refractivity contribution in [2.45, 2.75) is 24.5 Å². The van der Waals surface area contributed by atoms with E-state index in [1.807, 2.05) is 37.8 Å². The first-order chi connectivity index (χ1) is 17.9. The lowest BCUT2D eigenvalue weighted by molar-refractivity contribution is -0.148. The largest absolute Gasteiger partial charge is 0.510 e. The van der Waals surface area contributed by atoms with Crippen molar-refractivity contribution in [3.63, 3.8) is 0 Å². The summed E-state index contributed by atoms with van der Waals surface area (Å²) in [6.07, 6.45) is 6.24. The van der Waals surface area contributed by atoms with Gasteiger partial charge >= 0.3 is 0 Å². The highest BCUT2D eigenvalue weighted by molar-refractivity contribution is 8.35. The number of fused-ring (bicyclic) bond motifs is 3. The van der Waals surface area contributed by atoms with Crippen molar-refractivity contribution in [3.05, 3.63) is 45.4 Å². The Balaban J connectivity index is 1.99. The number of carbonyl (C=O) groups excluding carboxylic acids is 3. The number of Topliss-reactive ketones (excluding diaryl/α,β-unsaturated/α-hetero) is 2. The minimum atomic E-state index is -2.67. The van der Waals surface area contributed by atoms with Crippen LogP contribution in [0.25, 0.3) is 0 Å². The number of allylic oxidation sites excluding steroid dienone is 1. The van der Waals surface area contributed by atoms with E-state index in [9.17, 15) is 34.8 Å². The van der Waals surface area contributed by atoms with E-state index in [4.69, 9.17) is 5.73 Å². The number of benzene rings is 1. The monoisotopic (exact) mass is 557 g/mol. The fraction of sp³-hybridized carbons (Fsp3) is 0.464. The van der Waals surface area contributed by atoms with Crippen molar-refractivity contribution in [1.82, 2.24) is 4.90 Å². The van der Waals surface area contributed by atoms with Crippen LogP contribution in [0.1, 0.15) is 27.9 Å². The lowest BCUT2D eigenvalue weighted by Crippen LogP contribution is -2.63. The summed E-state index contributed by atoms with van der Waals surface area (Å²) in [6.45, 7) is 0. The molecule has 0 radical (unpaired) electrons. The maximum atomic E-state index is 14.0. The van der Waals surface area contributed by atoms with E-state index >= 15 is 0 Å². The highest BCUT2D eigenvalue weighted by Crippen LogP contribution is 2.53. The molecule has 10 nitrogen and oxygen atoms in total. The standard InChI is InChI=1S/C28H35N3O7S/c1-30(2)17-12-13(8-9-39(5,6)7)22(32)19-15(17)10-14-11-16-21(31(3)4)24(34)20(27(29)37)26(36)28(16,38)25(35)18(14)23(19)33/h12,14,16,21,32,34-35,38H,10-11H2,1-7H3,(H2,29,37)/t14-,16-,21-,28-/m0/s1. The van der Waals surface area contributed by atoms with Gasteiger partial charge in [0.25, 0.3) is 5.91 Å². The van der Waals surface area contributed by atoms with Gasteiger partial charge in [0.05, 0.1) is 17.2 Å². The van der Waals surface area contributed by atoms with Crippen LogP contribution in [0.4, 0.5) is 5.69 Å². The number of aliphatic hydroxyl groups is 3. The van der Waals surface area contributed by atoms with Gasteiger partial charge in [0.2, 0.25) is 5.78 Å². The summed E-state index contributed by atoms with van der Waals surface area (Å²) in [5, 5.41) is 48.4. The number of rotatable bonds is 3. The number of carbonyl (C=O) groups is 3. The molecule has 4 atom stereocenters. The number of aromatic hydroxyl groups is 1. The van der Waals surface area contributed by atoms with E-state index in [0.29, 0.717) is 11.3 Å². The summed E-state index contributed by atoms with van der Waals surface area (Å²) >= 11 is 0. The fourth-order valence-electron chi connectivity index (χ4n) is 6.00. The van der Waals surface area contributed by atoms with Crippen LogP contribution in [-0.2, 0) is 16.0 Å². The van der Waals surface area contributed by atoms with E-state index in [2.05, 4.69) is 11.2 Å². The molecule has 1 amide bonds. The molecule has 0 unspecified atom stereocenters. The number of nitrogens with two attached hydrogens (primary N) is 1. The minimum Gasteiger partial charge on any atom is -0.510 e. The molecule has 3 aliphatic carbocycles. The number of likely N-dealkylation sites (N-methyl/N-ethyl adjacent to an activating group) is 1. The second kappa shape index (κ2) is 9.33. The molecule has 0 saturated carbocycles. The van der Waals surface area contributed by atoms with Gasteiger partial charge in [-0.15, -0.1) is 0 Å². The fourth-order valence-corrected chi connectivity index (χ4v) is 6.42. The second-order valence-electron chi connectivity index (χ2n) is 11.6. The van der Waals surface area contributed by atoms with Crippen LogP contribution in [0.3, 0.4) is 0 Å². The lowest BCUT2D eigenvalue weighted by Gasteiger charge is -2.50. The first-order valence-electron chi connectivity index (χ1n) is 12.4. The Morgan fingerprint density at radius 1 is 1.13 bits per heavy atom. The number of primary amides is 1. The van der Waals surface area contributed by atoms with Crippen molar-refractivity contribution in [3.8, 4) is 16.9 Å². The molecule has 0 fully saturated rings. The van der Waals surface area contributed by atoms with Crippen LogP contribution < -0.4 is 10.6 Å². The van der Waals surface area contributed by atoms with Gasteiger partial charge in [-0.2, -0.15) is 10.0 Å². The number of hydrogen-bond acceptors (Lipinski definition) is 9. The smallest absolute Gasteiger partial charge is 0.255 e. The highest BCUT2D eigenvalue weighted by Gasteiger charge is 2.63. The lowest BCUT2D eigenvalue weighted by atomic mass is 9.58. The number of amides is 1. The quantitative estimate of drug-likeness (QED) is 0.271. The molecule has 1 aromatic rings. The van der Waals surface area contributed by atoms with Crippen molar-refractivity contribution in [2.24, 2.45) is 17.6 Å². The van der Waals surface area contributed by atoms with Crippen LogP contribution in [0.2, 0.25) is 0 Å². The average molecular weight is 558 g/mol. The molecule has 0 aliphatic heterocycles. The van der Waals surface area contributed by atoms with Gasteiger partial charge in [-0.3, -0.25) is 19.3 Å². The van der Waals surface area contributed by atoms with Crippen LogP contribution in [0.15, 0.2) is 28.7 Å². The van der Waals surface area contributed by atoms with Crippen molar-refractivity contribution in [1.29, 1.82) is 0 Å². The molecular formula is C28H35N3O7S. The van der Waals surface area contributed by atoms with E-state index in [0.717, 1.165) is 0 Å². The van der Waals surface area contributed by atoms with Gasteiger partial charge in [-0.25, -0.2) is 0 Å². The molecular weight excluding hydrogens is 522 g/mol. The van der Waals surface area contributed by atoms with Gasteiger partial charge in [0.1, 0.15) is 22.8 Å². The van der Waals surface area contributed by atoms with Crippen LogP contribution in [0, 0.1) is 23.0 Å². The third-order valence-corrected chi connectivity index (χ3v) is 8.39. The number of phenols is 1. The summed E-state index contributed by atoms with van der Waals surface area (Å²) < 4.78 is 0. The van der Waals surface area contributed by atoms with Gasteiger partial charge in [-0.05, 0) is 68.5 Å². The van der Waals surface area contributed by atoms with Crippen LogP contribution in [-0.4, -0.2) is 101 Å². The topological polar surface area (TPSA) is 165 Å². The molecule has 0 bridgehead atoms. The molecule has 0 saturated heterocycles. The van der Waals surface area contributed by atoms with Gasteiger partial charge in [0, 0.05) is 31.3 Å². The number of aliphatic hydroxyl groups excluding tert-OH is 2. The molecule has 3 aliphatic rings. The normalized spacial score (nSPS) is 26.9. The van der Waals surface area contributed by atoms with E-state index in [1.54, 1.807) is 20.2 Å². The van der Waals surface area contributed by atoms with E-state index in [1.165, 1.54) is 4.90 Å². The molecule has 210 valence electrons. The van der Waals surface area contributed by atoms with Crippen molar-refractivity contribution < 1.29 is 34.8 Å². The predicted molar refractivity (Wildman–Crippen MR) is 150 cm³/mol. The zero-order chi connectivity index (χ0) is 29.4. The Hall–Kier alpha value is -3.46. The zero-order valence-electron chi connectivity index (χ0n) is 23.1. The number of phenolic OH excluding ortho intramolecular Hbond substituents is 1. The Morgan fingerprint density at radius 3 is 2.26 bits per heavy atom. The summed E-state index contributed by atoms with van der Waals surface area (Å²) in [4.78, 5) is 42.9. The number of nitrogens with zero attached hydrogens (tertiary/aromatic N) is 2. The van der Waals surface area contributed by atoms with Gasteiger partial charge in [-0.1, -0.05) is 5.92 Å². The second-order valence-corrected chi connectivity index (χ2v) is 15.4. The third-order valence-electron chi connectivity index (χ3n) is 7.67. The Labute approximate surface area is 229 Å². The van der Waals surface area contributed by atoms with E-state index < -0.39 is 68.1 Å². The number of anilines is 1. The predicted octanol–water partition coefficient (Wildman–Crippen LogP) is 1.19.